The summed E-state index contributed by atoms with van der Waals surface area (Å²) in [5.74, 6) is 0.116. The fraction of sp³-hybridized carbons (Fsp3) is 0.438. The summed E-state index contributed by atoms with van der Waals surface area (Å²) < 4.78 is 35.8. The molecule has 43 heavy (non-hydrogen) atoms. The fourth-order valence-electron chi connectivity index (χ4n) is 4.78. The quantitative estimate of drug-likeness (QED) is 0.267. The van der Waals surface area contributed by atoms with Crippen molar-refractivity contribution in [1.29, 1.82) is 0 Å². The monoisotopic (exact) mass is 610 g/mol. The van der Waals surface area contributed by atoms with Crippen LogP contribution in [0, 0.1) is 0 Å². The van der Waals surface area contributed by atoms with Crippen molar-refractivity contribution in [1.82, 2.24) is 19.5 Å². The molecule has 0 aliphatic carbocycles. The Morgan fingerprint density at radius 3 is 2.35 bits per heavy atom. The highest BCUT2D eigenvalue weighted by molar-refractivity contribution is 7.89. The summed E-state index contributed by atoms with van der Waals surface area (Å²) in [6, 6.07) is 14.2. The highest BCUT2D eigenvalue weighted by Crippen LogP contribution is 2.30. The van der Waals surface area contributed by atoms with Gasteiger partial charge in [-0.1, -0.05) is 71.0 Å². The molecular formula is C32H46N6O4S. The molecule has 2 aromatic carbocycles. The number of nitrogens with zero attached hydrogens (tertiary/aromatic N) is 4. The number of amidine groups is 1. The Balaban J connectivity index is 2.13. The van der Waals surface area contributed by atoms with Gasteiger partial charge in [-0.05, 0) is 56.6 Å². The van der Waals surface area contributed by atoms with Crippen LogP contribution in [0.1, 0.15) is 65.0 Å². The Bertz CT molecular complexity index is 1440. The number of allylic oxidation sites excluding steroid dienone is 2. The molecule has 3 rings (SSSR count). The van der Waals surface area contributed by atoms with Gasteiger partial charge >= 0.3 is 0 Å². The molecular weight excluding hydrogens is 564 g/mol. The highest BCUT2D eigenvalue weighted by atomic mass is 32.2. The minimum absolute atomic E-state index is 0.0757. The van der Waals surface area contributed by atoms with E-state index in [0.29, 0.717) is 55.2 Å². The standard InChI is InChI=1S/C32H46N6O4S/c1-7-15-24(6)38-30(28(33)8-2)32(39)34-31(35-38)27-22-26(18-19-29(27)42-11-5)43(40,41)37(21-20-36(9-3)10-4)23-25-16-13-12-14-17-25/h12-14,16-19,22H,6-11,15,20-21,23,33H2,1-5H3,(H,34,35,39)/b30-28-. The zero-order valence-corrected chi connectivity index (χ0v) is 26.9. The number of amides is 1. The van der Waals surface area contributed by atoms with Gasteiger partial charge in [-0.2, -0.15) is 4.31 Å². The second kappa shape index (κ2) is 15.7. The lowest BCUT2D eigenvalue weighted by atomic mass is 10.1. The molecule has 0 saturated heterocycles. The van der Waals surface area contributed by atoms with Crippen LogP contribution in [-0.2, 0) is 21.4 Å². The van der Waals surface area contributed by atoms with Crippen LogP contribution in [0.2, 0.25) is 0 Å². The molecule has 0 aromatic heterocycles. The summed E-state index contributed by atoms with van der Waals surface area (Å²) in [6.45, 7) is 17.1. The molecule has 1 heterocycles. The summed E-state index contributed by atoms with van der Waals surface area (Å²) in [6.07, 6.45) is 1.84. The van der Waals surface area contributed by atoms with Crippen LogP contribution >= 0.6 is 0 Å². The number of rotatable bonds is 16. The Morgan fingerprint density at radius 2 is 1.74 bits per heavy atom. The van der Waals surface area contributed by atoms with Crippen LogP contribution in [0.3, 0.4) is 0 Å². The molecule has 1 amide bonds. The van der Waals surface area contributed by atoms with Crippen molar-refractivity contribution in [3.63, 3.8) is 0 Å². The van der Waals surface area contributed by atoms with Gasteiger partial charge in [0.05, 0.1) is 17.1 Å². The highest BCUT2D eigenvalue weighted by Gasteiger charge is 2.32. The topological polar surface area (TPSA) is 121 Å². The number of carbonyl (C=O) groups is 1. The number of likely N-dealkylation sites (N-methyl/N-ethyl adjacent to an activating group) is 1. The van der Waals surface area contributed by atoms with Gasteiger partial charge < -0.3 is 20.7 Å². The first-order valence-corrected chi connectivity index (χ1v) is 16.4. The second-order valence-corrected chi connectivity index (χ2v) is 12.1. The molecule has 3 N–H and O–H groups in total. The third kappa shape index (κ3) is 8.25. The number of nitrogens with two attached hydrogens (primary N) is 1. The lowest BCUT2D eigenvalue weighted by Gasteiger charge is -2.31. The van der Waals surface area contributed by atoms with Gasteiger partial charge in [-0.15, -0.1) is 5.10 Å². The molecule has 0 atom stereocenters. The number of hydrogen-bond acceptors (Lipinski definition) is 8. The van der Waals surface area contributed by atoms with Crippen molar-refractivity contribution in [2.45, 2.75) is 65.3 Å². The maximum Gasteiger partial charge on any atom is 0.277 e. The van der Waals surface area contributed by atoms with Crippen molar-refractivity contribution < 1.29 is 17.9 Å². The van der Waals surface area contributed by atoms with E-state index in [0.717, 1.165) is 25.1 Å². The van der Waals surface area contributed by atoms with Crippen molar-refractivity contribution in [3.8, 4) is 5.75 Å². The van der Waals surface area contributed by atoms with E-state index in [-0.39, 0.29) is 23.0 Å². The second-order valence-electron chi connectivity index (χ2n) is 10.2. The van der Waals surface area contributed by atoms with Crippen molar-refractivity contribution in [2.75, 3.05) is 32.8 Å². The zero-order valence-electron chi connectivity index (χ0n) is 26.1. The molecule has 234 valence electrons. The summed E-state index contributed by atoms with van der Waals surface area (Å²) in [5.41, 5.74) is 8.67. The first kappa shape index (κ1) is 33.8. The normalized spacial score (nSPS) is 15.0. The largest absolute Gasteiger partial charge is 0.493 e. The Hall–Kier alpha value is -3.67. The number of carbonyl (C=O) groups excluding carboxylic acids is 1. The van der Waals surface area contributed by atoms with Crippen LogP contribution in [0.4, 0.5) is 0 Å². The summed E-state index contributed by atoms with van der Waals surface area (Å²) >= 11 is 0. The molecule has 10 nitrogen and oxygen atoms in total. The molecule has 0 fully saturated rings. The molecule has 0 unspecified atom stereocenters. The molecule has 11 heteroatoms. The van der Waals surface area contributed by atoms with Crippen LogP contribution < -0.4 is 15.8 Å². The van der Waals surface area contributed by atoms with Gasteiger partial charge in [-0.25, -0.2) is 13.4 Å². The van der Waals surface area contributed by atoms with Crippen molar-refractivity contribution in [3.05, 3.63) is 83.3 Å². The molecule has 1 aliphatic rings. The first-order valence-electron chi connectivity index (χ1n) is 15.0. The molecule has 2 aromatic rings. The van der Waals surface area contributed by atoms with E-state index in [4.69, 9.17) is 15.6 Å². The summed E-state index contributed by atoms with van der Waals surface area (Å²) in [7, 11) is -3.96. The third-order valence-corrected chi connectivity index (χ3v) is 9.13. The van der Waals surface area contributed by atoms with Crippen molar-refractivity contribution in [2.24, 2.45) is 10.8 Å². The Labute approximate surface area is 256 Å². The van der Waals surface area contributed by atoms with Crippen LogP contribution in [0.5, 0.6) is 5.75 Å². The van der Waals surface area contributed by atoms with Crippen LogP contribution in [-0.4, -0.2) is 67.2 Å². The average molecular weight is 611 g/mol. The molecule has 0 saturated carbocycles. The zero-order chi connectivity index (χ0) is 31.6. The van der Waals surface area contributed by atoms with E-state index in [1.54, 1.807) is 12.1 Å². The SMILES string of the molecule is C=C(CCC)N1N=C(c2cc(S(=O)(=O)N(CCN(CC)CC)Cc3ccccc3)ccc2OCC)NC(=O)/C1=C(/N)CC. The molecule has 0 spiro atoms. The maximum atomic E-state index is 14.2. The van der Waals surface area contributed by atoms with Crippen LogP contribution in [0.25, 0.3) is 0 Å². The predicted octanol–water partition coefficient (Wildman–Crippen LogP) is 4.61. The summed E-state index contributed by atoms with van der Waals surface area (Å²) in [5, 5.41) is 9.01. The van der Waals surface area contributed by atoms with Gasteiger partial charge in [0.2, 0.25) is 10.0 Å². The molecule has 0 bridgehead atoms. The summed E-state index contributed by atoms with van der Waals surface area (Å²) in [4.78, 5) is 15.6. The smallest absolute Gasteiger partial charge is 0.277 e. The van der Waals surface area contributed by atoms with E-state index in [9.17, 15) is 13.2 Å². The molecule has 0 radical (unpaired) electrons. The number of hydrazone groups is 1. The van der Waals surface area contributed by atoms with Gasteiger partial charge in [0.25, 0.3) is 5.91 Å². The molecule has 1 aliphatic heterocycles. The number of sulfonamides is 1. The average Bonchev–Trinajstić information content (AvgIpc) is 3.01. The Morgan fingerprint density at radius 1 is 1.05 bits per heavy atom. The maximum absolute atomic E-state index is 14.2. The minimum atomic E-state index is -3.96. The third-order valence-electron chi connectivity index (χ3n) is 7.29. The number of nitrogens with one attached hydrogen (secondary N) is 1. The number of benzene rings is 2. The fourth-order valence-corrected chi connectivity index (χ4v) is 6.23. The number of hydrogen-bond donors (Lipinski definition) is 2. The van der Waals surface area contributed by atoms with Gasteiger partial charge in [0, 0.05) is 31.0 Å². The van der Waals surface area contributed by atoms with E-state index < -0.39 is 15.9 Å². The van der Waals surface area contributed by atoms with Gasteiger partial charge in [0.15, 0.2) is 5.84 Å². The van der Waals surface area contributed by atoms with E-state index in [2.05, 4.69) is 30.6 Å². The predicted molar refractivity (Wildman–Crippen MR) is 172 cm³/mol. The van der Waals surface area contributed by atoms with Crippen LogP contribution in [0.15, 0.2) is 82.2 Å². The van der Waals surface area contributed by atoms with Crippen molar-refractivity contribution >= 4 is 21.8 Å². The van der Waals surface area contributed by atoms with E-state index in [1.165, 1.54) is 15.4 Å². The van der Waals surface area contributed by atoms with Gasteiger partial charge in [0.1, 0.15) is 11.4 Å². The lowest BCUT2D eigenvalue weighted by Crippen LogP contribution is -2.44. The first-order chi connectivity index (χ1) is 20.6. The van der Waals surface area contributed by atoms with Gasteiger partial charge in [-0.3, -0.25) is 4.79 Å². The van der Waals surface area contributed by atoms with E-state index >= 15 is 0 Å². The Kier molecular flexibility index (Phi) is 12.4. The number of ether oxygens (including phenoxy) is 1. The van der Waals surface area contributed by atoms with E-state index in [1.807, 2.05) is 51.1 Å². The minimum Gasteiger partial charge on any atom is -0.493 e. The lowest BCUT2D eigenvalue weighted by molar-refractivity contribution is -0.118.